The van der Waals surface area contributed by atoms with Gasteiger partial charge in [0.2, 0.25) is 0 Å². The number of carbonyl (C=O) groups excluding carboxylic acids is 2. The van der Waals surface area contributed by atoms with Crippen molar-refractivity contribution in [1.29, 1.82) is 0 Å². The highest BCUT2D eigenvalue weighted by Crippen LogP contribution is 2.11. The van der Waals surface area contributed by atoms with Crippen LogP contribution in [-0.4, -0.2) is 37.0 Å². The van der Waals surface area contributed by atoms with Crippen molar-refractivity contribution in [2.24, 2.45) is 5.92 Å². The predicted octanol–water partition coefficient (Wildman–Crippen LogP) is 3.18. The second kappa shape index (κ2) is 8.87. The monoisotopic (exact) mass is 325 g/mol. The molecule has 2 aromatic rings. The van der Waals surface area contributed by atoms with Gasteiger partial charge in [0.25, 0.3) is 5.91 Å². The van der Waals surface area contributed by atoms with Gasteiger partial charge in [-0.1, -0.05) is 55.5 Å². The summed E-state index contributed by atoms with van der Waals surface area (Å²) < 4.78 is 4.78. The Morgan fingerprint density at radius 3 is 2.17 bits per heavy atom. The number of hydrogen-bond acceptors (Lipinski definition) is 3. The lowest BCUT2D eigenvalue weighted by atomic mass is 10.1. The molecule has 1 unspecified atom stereocenters. The molecular formula is C20H23NO3. The summed E-state index contributed by atoms with van der Waals surface area (Å²) in [5.74, 6) is -0.735. The van der Waals surface area contributed by atoms with E-state index in [1.807, 2.05) is 48.5 Å². The average Bonchev–Trinajstić information content (AvgIpc) is 2.65. The molecule has 0 aliphatic carbocycles. The summed E-state index contributed by atoms with van der Waals surface area (Å²) in [6.45, 7) is 2.67. The largest absolute Gasteiger partial charge is 0.469 e. The highest BCUT2D eigenvalue weighted by atomic mass is 16.5. The summed E-state index contributed by atoms with van der Waals surface area (Å²) >= 11 is 0. The van der Waals surface area contributed by atoms with Crippen LogP contribution in [0.4, 0.5) is 0 Å². The van der Waals surface area contributed by atoms with Crippen LogP contribution >= 0.6 is 0 Å². The summed E-state index contributed by atoms with van der Waals surface area (Å²) in [5.41, 5.74) is 1.79. The van der Waals surface area contributed by atoms with Gasteiger partial charge in [-0.05, 0) is 24.1 Å². The van der Waals surface area contributed by atoms with Crippen molar-refractivity contribution in [3.63, 3.8) is 0 Å². The number of rotatable bonds is 7. The molecule has 0 radical (unpaired) electrons. The lowest BCUT2D eigenvalue weighted by molar-refractivity contribution is -0.145. The van der Waals surface area contributed by atoms with Gasteiger partial charge in [0.15, 0.2) is 0 Å². The number of benzene rings is 2. The van der Waals surface area contributed by atoms with E-state index in [1.54, 1.807) is 24.0 Å². The van der Waals surface area contributed by atoms with Crippen molar-refractivity contribution in [2.75, 3.05) is 20.2 Å². The Morgan fingerprint density at radius 1 is 1.00 bits per heavy atom. The van der Waals surface area contributed by atoms with E-state index in [-0.39, 0.29) is 17.8 Å². The van der Waals surface area contributed by atoms with Crippen molar-refractivity contribution in [1.82, 2.24) is 4.90 Å². The van der Waals surface area contributed by atoms with Crippen molar-refractivity contribution in [3.8, 4) is 0 Å². The first-order valence-corrected chi connectivity index (χ1v) is 8.08. The van der Waals surface area contributed by atoms with Crippen LogP contribution in [0.5, 0.6) is 0 Å². The molecule has 1 amide bonds. The molecule has 4 nitrogen and oxygen atoms in total. The Hall–Kier alpha value is -2.62. The van der Waals surface area contributed by atoms with E-state index in [0.29, 0.717) is 18.7 Å². The Morgan fingerprint density at radius 2 is 1.58 bits per heavy atom. The molecule has 0 aliphatic rings. The van der Waals surface area contributed by atoms with Crippen LogP contribution in [0.15, 0.2) is 60.7 Å². The van der Waals surface area contributed by atoms with Crippen molar-refractivity contribution >= 4 is 11.9 Å². The number of carbonyl (C=O) groups is 2. The lowest BCUT2D eigenvalue weighted by Gasteiger charge is -2.25. The van der Waals surface area contributed by atoms with Crippen LogP contribution in [0, 0.1) is 5.92 Å². The van der Waals surface area contributed by atoms with Crippen LogP contribution in [0.1, 0.15) is 22.8 Å². The topological polar surface area (TPSA) is 46.6 Å². The Bertz CT molecular complexity index is 655. The summed E-state index contributed by atoms with van der Waals surface area (Å²) in [6, 6.07) is 19.1. The van der Waals surface area contributed by atoms with E-state index < -0.39 is 0 Å². The first-order chi connectivity index (χ1) is 11.6. The van der Waals surface area contributed by atoms with Gasteiger partial charge < -0.3 is 9.64 Å². The van der Waals surface area contributed by atoms with Gasteiger partial charge in [-0.2, -0.15) is 0 Å². The first kappa shape index (κ1) is 17.7. The number of hydrogen-bond donors (Lipinski definition) is 0. The number of ether oxygens (including phenoxy) is 1. The maximum absolute atomic E-state index is 12.8. The molecule has 126 valence electrons. The van der Waals surface area contributed by atoms with Gasteiger partial charge >= 0.3 is 5.97 Å². The molecule has 1 atom stereocenters. The molecular weight excluding hydrogens is 302 g/mol. The minimum Gasteiger partial charge on any atom is -0.469 e. The zero-order valence-electron chi connectivity index (χ0n) is 14.1. The molecule has 0 aromatic heterocycles. The third-order valence-electron chi connectivity index (χ3n) is 3.92. The molecule has 0 fully saturated rings. The second-order valence-corrected chi connectivity index (χ2v) is 5.78. The third-order valence-corrected chi connectivity index (χ3v) is 3.92. The molecule has 4 heteroatoms. The molecule has 0 bridgehead atoms. The normalized spacial score (nSPS) is 11.6. The zero-order valence-corrected chi connectivity index (χ0v) is 14.1. The molecule has 0 saturated carbocycles. The smallest absolute Gasteiger partial charge is 0.310 e. The maximum atomic E-state index is 12.8. The van der Waals surface area contributed by atoms with E-state index in [2.05, 4.69) is 0 Å². The SMILES string of the molecule is COC(=O)C(C)CN(CCc1ccccc1)C(=O)c1ccccc1. The van der Waals surface area contributed by atoms with E-state index in [1.165, 1.54) is 7.11 Å². The van der Waals surface area contributed by atoms with Crippen LogP contribution in [0.3, 0.4) is 0 Å². The molecule has 0 N–H and O–H groups in total. The fourth-order valence-corrected chi connectivity index (χ4v) is 2.55. The third kappa shape index (κ3) is 4.95. The van der Waals surface area contributed by atoms with E-state index in [4.69, 9.17) is 4.74 Å². The van der Waals surface area contributed by atoms with Crippen LogP contribution in [0.2, 0.25) is 0 Å². The van der Waals surface area contributed by atoms with Gasteiger partial charge in [0.05, 0.1) is 13.0 Å². The van der Waals surface area contributed by atoms with Gasteiger partial charge in [0, 0.05) is 18.7 Å². The van der Waals surface area contributed by atoms with Crippen molar-refractivity contribution in [2.45, 2.75) is 13.3 Å². The molecule has 0 saturated heterocycles. The average molecular weight is 325 g/mol. The van der Waals surface area contributed by atoms with E-state index >= 15 is 0 Å². The molecule has 0 heterocycles. The lowest BCUT2D eigenvalue weighted by Crippen LogP contribution is -2.38. The molecule has 2 rings (SSSR count). The van der Waals surface area contributed by atoms with Crippen LogP contribution in [0.25, 0.3) is 0 Å². The number of esters is 1. The second-order valence-electron chi connectivity index (χ2n) is 5.78. The molecule has 2 aromatic carbocycles. The minimum absolute atomic E-state index is 0.0673. The summed E-state index contributed by atoms with van der Waals surface area (Å²) in [5, 5.41) is 0. The number of methoxy groups -OCH3 is 1. The fourth-order valence-electron chi connectivity index (χ4n) is 2.55. The Balaban J connectivity index is 2.11. The minimum atomic E-state index is -0.363. The highest BCUT2D eigenvalue weighted by molar-refractivity contribution is 5.94. The van der Waals surface area contributed by atoms with Gasteiger partial charge in [-0.3, -0.25) is 9.59 Å². The number of nitrogens with zero attached hydrogens (tertiary/aromatic N) is 1. The summed E-state index contributed by atoms with van der Waals surface area (Å²) in [4.78, 5) is 26.2. The van der Waals surface area contributed by atoms with Gasteiger partial charge in [0.1, 0.15) is 0 Å². The van der Waals surface area contributed by atoms with Crippen molar-refractivity contribution in [3.05, 3.63) is 71.8 Å². The summed E-state index contributed by atoms with van der Waals surface area (Å²) in [7, 11) is 1.37. The Kier molecular flexibility index (Phi) is 6.55. The quantitative estimate of drug-likeness (QED) is 0.735. The van der Waals surface area contributed by atoms with Crippen molar-refractivity contribution < 1.29 is 14.3 Å². The Labute approximate surface area is 143 Å². The first-order valence-electron chi connectivity index (χ1n) is 8.08. The van der Waals surface area contributed by atoms with Gasteiger partial charge in [-0.25, -0.2) is 0 Å². The molecule has 0 aliphatic heterocycles. The highest BCUT2D eigenvalue weighted by Gasteiger charge is 2.22. The zero-order chi connectivity index (χ0) is 17.4. The number of amides is 1. The van der Waals surface area contributed by atoms with Crippen LogP contribution < -0.4 is 0 Å². The standard InChI is InChI=1S/C20H23NO3/c1-16(20(23)24-2)15-21(14-13-17-9-5-3-6-10-17)19(22)18-11-7-4-8-12-18/h3-12,16H,13-15H2,1-2H3. The molecule has 0 spiro atoms. The van der Waals surface area contributed by atoms with Gasteiger partial charge in [-0.15, -0.1) is 0 Å². The van der Waals surface area contributed by atoms with E-state index in [9.17, 15) is 9.59 Å². The predicted molar refractivity (Wildman–Crippen MR) is 93.7 cm³/mol. The summed E-state index contributed by atoms with van der Waals surface area (Å²) in [6.07, 6.45) is 0.743. The molecule has 24 heavy (non-hydrogen) atoms. The van der Waals surface area contributed by atoms with Crippen LogP contribution in [-0.2, 0) is 16.0 Å². The van der Waals surface area contributed by atoms with E-state index in [0.717, 1.165) is 12.0 Å². The fraction of sp³-hybridized carbons (Fsp3) is 0.300. The maximum Gasteiger partial charge on any atom is 0.310 e.